The lowest BCUT2D eigenvalue weighted by atomic mass is 10.00. The molecule has 2 aromatic carbocycles. The molecule has 0 aliphatic carbocycles. The lowest BCUT2D eigenvalue weighted by molar-refractivity contribution is -0.150. The zero-order chi connectivity index (χ0) is 26.0. The van der Waals surface area contributed by atoms with Gasteiger partial charge in [-0.2, -0.15) is 0 Å². The smallest absolute Gasteiger partial charge is 0.412 e. The predicted octanol–water partition coefficient (Wildman–Crippen LogP) is 5.93. The summed E-state index contributed by atoms with van der Waals surface area (Å²) in [6.45, 7) is 9.94. The zero-order valence-corrected chi connectivity index (χ0v) is 21.5. The van der Waals surface area contributed by atoms with E-state index >= 15 is 0 Å². The number of ether oxygens (including phenoxy) is 3. The van der Waals surface area contributed by atoms with Gasteiger partial charge in [0.2, 0.25) is 0 Å². The van der Waals surface area contributed by atoms with Crippen molar-refractivity contribution in [3.05, 3.63) is 65.7 Å². The van der Waals surface area contributed by atoms with Crippen molar-refractivity contribution in [3.8, 4) is 0 Å². The molecular weight excluding hydrogens is 476 g/mol. The number of amides is 1. The minimum atomic E-state index is -1.15. The molecule has 0 aromatic heterocycles. The summed E-state index contributed by atoms with van der Waals surface area (Å²) in [4.78, 5) is 27.6. The van der Waals surface area contributed by atoms with E-state index in [0.717, 1.165) is 11.0 Å². The van der Waals surface area contributed by atoms with Gasteiger partial charge < -0.3 is 14.2 Å². The van der Waals surface area contributed by atoms with Crippen molar-refractivity contribution in [2.75, 3.05) is 0 Å². The van der Waals surface area contributed by atoms with Crippen LogP contribution in [0, 0.1) is 11.6 Å². The van der Waals surface area contributed by atoms with Crippen LogP contribution in [0.25, 0.3) is 0 Å². The van der Waals surface area contributed by atoms with Gasteiger partial charge in [-0.1, -0.05) is 30.0 Å². The van der Waals surface area contributed by atoms with Gasteiger partial charge in [0.15, 0.2) is 5.44 Å². The fourth-order valence-corrected chi connectivity index (χ4v) is 5.19. The Morgan fingerprint density at radius 3 is 2.26 bits per heavy atom. The lowest BCUT2D eigenvalue weighted by Crippen LogP contribution is -2.51. The van der Waals surface area contributed by atoms with Crippen molar-refractivity contribution in [1.82, 2.24) is 4.90 Å². The molecule has 0 bridgehead atoms. The summed E-state index contributed by atoms with van der Waals surface area (Å²) in [5.74, 6) is -1.98. The molecule has 0 radical (unpaired) electrons. The fraction of sp³-hybridized carbons (Fsp3) is 0.462. The third kappa shape index (κ3) is 7.18. The maximum Gasteiger partial charge on any atom is 0.412 e. The molecule has 1 unspecified atom stereocenters. The molecule has 3 rings (SSSR count). The van der Waals surface area contributed by atoms with Gasteiger partial charge >= 0.3 is 12.1 Å². The van der Waals surface area contributed by atoms with E-state index in [4.69, 9.17) is 14.2 Å². The summed E-state index contributed by atoms with van der Waals surface area (Å²) in [6, 6.07) is 11.8. The molecule has 1 saturated heterocycles. The van der Waals surface area contributed by atoms with Crippen LogP contribution in [0.3, 0.4) is 0 Å². The Morgan fingerprint density at radius 1 is 1.11 bits per heavy atom. The molecule has 190 valence electrons. The predicted molar refractivity (Wildman–Crippen MR) is 129 cm³/mol. The van der Waals surface area contributed by atoms with Crippen LogP contribution in [0.15, 0.2) is 53.4 Å². The molecule has 6 nitrogen and oxygen atoms in total. The topological polar surface area (TPSA) is 65.1 Å². The van der Waals surface area contributed by atoms with Crippen LogP contribution in [0.5, 0.6) is 0 Å². The van der Waals surface area contributed by atoms with Crippen LogP contribution >= 0.6 is 11.8 Å². The van der Waals surface area contributed by atoms with Gasteiger partial charge in [-0.25, -0.2) is 13.6 Å². The number of hydrogen-bond donors (Lipinski definition) is 0. The number of nitrogens with zero attached hydrogens (tertiary/aromatic N) is 1. The second kappa shape index (κ2) is 10.5. The second-order valence-corrected chi connectivity index (χ2v) is 11.0. The van der Waals surface area contributed by atoms with Crippen molar-refractivity contribution in [2.24, 2.45) is 0 Å². The summed E-state index contributed by atoms with van der Waals surface area (Å²) in [5, 5.41) is 0. The Labute approximate surface area is 208 Å². The van der Waals surface area contributed by atoms with Crippen LogP contribution in [-0.2, 0) is 25.4 Å². The Bertz CT molecular complexity index is 1040. The minimum Gasteiger partial charge on any atom is -0.448 e. The van der Waals surface area contributed by atoms with Crippen LogP contribution in [0.2, 0.25) is 0 Å². The molecule has 1 aliphatic heterocycles. The van der Waals surface area contributed by atoms with E-state index in [1.807, 2.05) is 30.3 Å². The third-order valence-corrected chi connectivity index (χ3v) is 6.36. The lowest BCUT2D eigenvalue weighted by Gasteiger charge is -2.35. The number of benzene rings is 2. The Kier molecular flexibility index (Phi) is 8.11. The molecule has 3 atom stereocenters. The van der Waals surface area contributed by atoms with Crippen LogP contribution in [0.1, 0.15) is 47.1 Å². The van der Waals surface area contributed by atoms with Crippen molar-refractivity contribution < 1.29 is 32.6 Å². The molecule has 0 N–H and O–H groups in total. The first-order chi connectivity index (χ1) is 16.2. The third-order valence-electron chi connectivity index (χ3n) is 5.22. The van der Waals surface area contributed by atoms with E-state index in [0.29, 0.717) is 5.56 Å². The van der Waals surface area contributed by atoms with E-state index < -0.39 is 52.6 Å². The van der Waals surface area contributed by atoms with Gasteiger partial charge in [0.25, 0.3) is 0 Å². The zero-order valence-electron chi connectivity index (χ0n) is 20.7. The number of carbonyl (C=O) groups is 2. The first kappa shape index (κ1) is 26.9. The number of halogens is 2. The average molecular weight is 508 g/mol. The number of thioether (sulfide) groups is 1. The molecule has 2 aromatic rings. The average Bonchev–Trinajstić information content (AvgIpc) is 2.96. The molecule has 1 fully saturated rings. The van der Waals surface area contributed by atoms with E-state index in [2.05, 4.69) is 0 Å². The number of hydrogen-bond acceptors (Lipinski definition) is 6. The number of esters is 1. The van der Waals surface area contributed by atoms with E-state index in [1.165, 1.54) is 35.7 Å². The normalized spacial score (nSPS) is 20.4. The Morgan fingerprint density at radius 2 is 1.71 bits per heavy atom. The highest BCUT2D eigenvalue weighted by atomic mass is 32.2. The fourth-order valence-electron chi connectivity index (χ4n) is 4.05. The van der Waals surface area contributed by atoms with E-state index in [1.54, 1.807) is 34.6 Å². The van der Waals surface area contributed by atoms with Crippen molar-refractivity contribution >= 4 is 23.8 Å². The van der Waals surface area contributed by atoms with E-state index in [-0.39, 0.29) is 6.42 Å². The molecule has 9 heteroatoms. The maximum atomic E-state index is 14.0. The number of carbonyl (C=O) groups excluding carboxylic acids is 2. The van der Waals surface area contributed by atoms with Crippen molar-refractivity contribution in [2.45, 2.75) is 81.8 Å². The summed E-state index contributed by atoms with van der Waals surface area (Å²) in [6.07, 6.45) is -1.41. The van der Waals surface area contributed by atoms with Crippen molar-refractivity contribution in [1.29, 1.82) is 0 Å². The van der Waals surface area contributed by atoms with Gasteiger partial charge in [-0.3, -0.25) is 9.69 Å². The summed E-state index contributed by atoms with van der Waals surface area (Å²) in [7, 11) is 0. The van der Waals surface area contributed by atoms with Gasteiger partial charge in [-0.05, 0) is 70.9 Å². The molecule has 1 amide bonds. The summed E-state index contributed by atoms with van der Waals surface area (Å²) in [5.41, 5.74) is -2.45. The molecule has 1 heterocycles. The molecule has 1 aliphatic rings. The second-order valence-electron chi connectivity index (χ2n) is 9.84. The van der Waals surface area contributed by atoms with Gasteiger partial charge in [-0.15, -0.1) is 0 Å². The first-order valence-electron chi connectivity index (χ1n) is 11.3. The Hall–Kier alpha value is -2.65. The Balaban J connectivity index is 2.04. The first-order valence-corrected chi connectivity index (χ1v) is 12.2. The van der Waals surface area contributed by atoms with Crippen LogP contribution < -0.4 is 0 Å². The van der Waals surface area contributed by atoms with E-state index in [9.17, 15) is 18.4 Å². The quantitative estimate of drug-likeness (QED) is 0.274. The monoisotopic (exact) mass is 507 g/mol. The van der Waals surface area contributed by atoms with Crippen LogP contribution in [0.4, 0.5) is 13.6 Å². The molecule has 0 saturated carbocycles. The van der Waals surface area contributed by atoms with Gasteiger partial charge in [0, 0.05) is 17.9 Å². The highest BCUT2D eigenvalue weighted by molar-refractivity contribution is 7.99. The molecular formula is C26H31F2NO5S. The van der Waals surface area contributed by atoms with Crippen LogP contribution in [-0.4, -0.2) is 45.9 Å². The standard InChI is InChI=1S/C26H31F2NO5S/c1-16(30)32-23(35-20-10-8-7-9-11-20)22-21(14-17-12-18(27)15-19(28)13-17)29(26(5,6)33-22)24(31)34-25(2,3)4/h7-13,15,21-23H,14H2,1-6H3/t21-,22-,23?/m0/s1. The molecule has 0 spiro atoms. The minimum absolute atomic E-state index is 0.0507. The highest BCUT2D eigenvalue weighted by Gasteiger charge is 2.54. The maximum absolute atomic E-state index is 14.0. The SMILES string of the molecule is CC(=O)OC(Sc1ccccc1)[C@H]1OC(C)(C)N(C(=O)OC(C)(C)C)[C@H]1Cc1cc(F)cc(F)c1. The largest absolute Gasteiger partial charge is 0.448 e. The summed E-state index contributed by atoms with van der Waals surface area (Å²) >= 11 is 1.27. The van der Waals surface area contributed by atoms with Gasteiger partial charge in [0.1, 0.15) is 29.1 Å². The summed E-state index contributed by atoms with van der Waals surface area (Å²) < 4.78 is 45.6. The number of rotatable bonds is 6. The highest BCUT2D eigenvalue weighted by Crippen LogP contribution is 2.41. The van der Waals surface area contributed by atoms with Crippen molar-refractivity contribution in [3.63, 3.8) is 0 Å². The molecule has 35 heavy (non-hydrogen) atoms. The van der Waals surface area contributed by atoms with Gasteiger partial charge in [0.05, 0.1) is 6.04 Å².